The summed E-state index contributed by atoms with van der Waals surface area (Å²) in [5.41, 5.74) is 0.668. The van der Waals surface area contributed by atoms with Crippen molar-refractivity contribution in [3.8, 4) is 0 Å². The first-order chi connectivity index (χ1) is 7.14. The maximum Gasteiger partial charge on any atom is 0 e. The van der Waals surface area contributed by atoms with Crippen LogP contribution in [0.2, 0.25) is 0 Å². The zero-order valence-electron chi connectivity index (χ0n) is 11.3. The standard InChI is InChI=1S/C12H20.C3H7.W/c1-10(2)12-7-3-5-11(9-12)6-4-8-12;1-3-2;/h3-4,10-11H,5-9H2,1-2H3;3H,1-2H3;/q-2;-1;. The van der Waals surface area contributed by atoms with Gasteiger partial charge in [0.2, 0.25) is 0 Å². The van der Waals surface area contributed by atoms with Crippen molar-refractivity contribution in [1.29, 1.82) is 0 Å². The van der Waals surface area contributed by atoms with Gasteiger partial charge in [-0.25, -0.2) is 0 Å². The molecule has 2 rings (SSSR count). The normalized spacial score (nSPS) is 32.4. The summed E-state index contributed by atoms with van der Waals surface area (Å²) in [7, 11) is 0. The van der Waals surface area contributed by atoms with Gasteiger partial charge in [-0.3, -0.25) is 0 Å². The summed E-state index contributed by atoms with van der Waals surface area (Å²) in [5.74, 6) is 1.86. The summed E-state index contributed by atoms with van der Waals surface area (Å²) in [6.45, 7) is 8.80. The summed E-state index contributed by atoms with van der Waals surface area (Å²) >= 11 is 0. The Bertz CT molecular complexity index is 164. The van der Waals surface area contributed by atoms with E-state index in [2.05, 4.69) is 26.7 Å². The van der Waals surface area contributed by atoms with Crippen LogP contribution < -0.4 is 0 Å². The minimum Gasteiger partial charge on any atom is -0.335 e. The van der Waals surface area contributed by atoms with E-state index in [0.29, 0.717) is 5.41 Å². The molecule has 0 aliphatic heterocycles. The Morgan fingerprint density at radius 3 is 1.88 bits per heavy atom. The molecule has 2 aliphatic carbocycles. The van der Waals surface area contributed by atoms with Gasteiger partial charge in [0, 0.05) is 21.1 Å². The molecule has 2 saturated carbocycles. The van der Waals surface area contributed by atoms with Crippen molar-refractivity contribution in [2.24, 2.45) is 17.3 Å². The van der Waals surface area contributed by atoms with Crippen LogP contribution in [0.3, 0.4) is 0 Å². The van der Waals surface area contributed by atoms with Crippen LogP contribution in [0.15, 0.2) is 0 Å². The smallest absolute Gasteiger partial charge is 0 e. The Labute approximate surface area is 117 Å². The van der Waals surface area contributed by atoms with Crippen LogP contribution in [0, 0.1) is 36.5 Å². The maximum atomic E-state index is 2.54. The van der Waals surface area contributed by atoms with E-state index in [9.17, 15) is 0 Å². The maximum absolute atomic E-state index is 2.54. The molecule has 0 amide bonds. The predicted molar refractivity (Wildman–Crippen MR) is 68.1 cm³/mol. The number of rotatable bonds is 1. The Kier molecular flexibility index (Phi) is 8.25. The molecule has 0 heterocycles. The number of fused-ring (bicyclic) bond motifs is 2. The van der Waals surface area contributed by atoms with Crippen LogP contribution in [-0.4, -0.2) is 0 Å². The van der Waals surface area contributed by atoms with E-state index < -0.39 is 0 Å². The van der Waals surface area contributed by atoms with E-state index >= 15 is 0 Å². The molecule has 16 heavy (non-hydrogen) atoms. The van der Waals surface area contributed by atoms with Crippen molar-refractivity contribution in [3.05, 3.63) is 19.3 Å². The molecule has 2 aliphatic rings. The van der Waals surface area contributed by atoms with Crippen LogP contribution in [0.1, 0.15) is 59.8 Å². The number of hydrogen-bond donors (Lipinski definition) is 0. The quantitative estimate of drug-likeness (QED) is 0.561. The molecule has 1 heteroatoms. The van der Waals surface area contributed by atoms with Crippen molar-refractivity contribution >= 4 is 0 Å². The van der Waals surface area contributed by atoms with Gasteiger partial charge in [-0.15, -0.1) is 0 Å². The number of hydrogen-bond acceptors (Lipinski definition) is 0. The van der Waals surface area contributed by atoms with E-state index in [0.717, 1.165) is 11.8 Å². The van der Waals surface area contributed by atoms with Gasteiger partial charge in [0.1, 0.15) is 0 Å². The first-order valence-electron chi connectivity index (χ1n) is 6.52. The Balaban J connectivity index is 0.000000511. The first-order valence-corrected chi connectivity index (χ1v) is 6.52. The molecule has 0 nitrogen and oxygen atoms in total. The molecule has 0 unspecified atom stereocenters. The predicted octanol–water partition coefficient (Wildman–Crippen LogP) is 4.86. The van der Waals surface area contributed by atoms with Crippen molar-refractivity contribution in [3.63, 3.8) is 0 Å². The van der Waals surface area contributed by atoms with Crippen molar-refractivity contribution in [2.45, 2.75) is 59.8 Å². The molecule has 0 aromatic carbocycles. The molecule has 0 spiro atoms. The molecule has 2 bridgehead atoms. The van der Waals surface area contributed by atoms with Gasteiger partial charge in [-0.05, 0) is 5.92 Å². The minimum absolute atomic E-state index is 0. The fourth-order valence-corrected chi connectivity index (χ4v) is 3.01. The van der Waals surface area contributed by atoms with E-state index in [1.807, 2.05) is 20.3 Å². The fourth-order valence-electron chi connectivity index (χ4n) is 3.01. The molecule has 0 atom stereocenters. The van der Waals surface area contributed by atoms with E-state index in [1.165, 1.54) is 32.1 Å². The average Bonchev–Trinajstić information content (AvgIpc) is 2.19. The van der Waals surface area contributed by atoms with Crippen molar-refractivity contribution < 1.29 is 21.1 Å². The zero-order chi connectivity index (χ0) is 11.3. The third-order valence-corrected chi connectivity index (χ3v) is 4.02. The topological polar surface area (TPSA) is 0 Å². The van der Waals surface area contributed by atoms with E-state index in [4.69, 9.17) is 0 Å². The third-order valence-electron chi connectivity index (χ3n) is 4.02. The zero-order valence-corrected chi connectivity index (χ0v) is 14.3. The van der Waals surface area contributed by atoms with Gasteiger partial charge in [0.25, 0.3) is 0 Å². The summed E-state index contributed by atoms with van der Waals surface area (Å²) in [5, 5.41) is 0. The summed E-state index contributed by atoms with van der Waals surface area (Å²) < 4.78 is 0. The Hall–Kier alpha value is 0.688. The minimum atomic E-state index is 0. The Morgan fingerprint density at radius 1 is 1.12 bits per heavy atom. The monoisotopic (exact) mass is 391 g/mol. The molecule has 96 valence electrons. The third kappa shape index (κ3) is 4.17. The van der Waals surface area contributed by atoms with Crippen molar-refractivity contribution in [2.75, 3.05) is 0 Å². The second-order valence-electron chi connectivity index (χ2n) is 5.62. The molecule has 0 N–H and O–H groups in total. The molecular weight excluding hydrogens is 364 g/mol. The molecular formula is C15H27W-3. The molecule has 0 aromatic heterocycles. The fraction of sp³-hybridized carbons (Fsp3) is 0.800. The van der Waals surface area contributed by atoms with Gasteiger partial charge in [-0.1, -0.05) is 31.6 Å². The van der Waals surface area contributed by atoms with Crippen LogP contribution >= 0.6 is 0 Å². The van der Waals surface area contributed by atoms with Crippen LogP contribution in [0.25, 0.3) is 0 Å². The van der Waals surface area contributed by atoms with Gasteiger partial charge < -0.3 is 19.3 Å². The van der Waals surface area contributed by atoms with Crippen molar-refractivity contribution in [1.82, 2.24) is 0 Å². The van der Waals surface area contributed by atoms with E-state index in [1.54, 1.807) is 0 Å². The summed E-state index contributed by atoms with van der Waals surface area (Å²) in [4.78, 5) is 0. The average molecular weight is 391 g/mol. The first kappa shape index (κ1) is 16.7. The largest absolute Gasteiger partial charge is 0.335 e. The molecule has 2 fully saturated rings. The second kappa shape index (κ2) is 7.91. The summed E-state index contributed by atoms with van der Waals surface area (Å²) in [6.07, 6.45) is 14.1. The van der Waals surface area contributed by atoms with Crippen LogP contribution in [0.4, 0.5) is 0 Å². The molecule has 0 aromatic rings. The van der Waals surface area contributed by atoms with Gasteiger partial charge in [-0.2, -0.15) is 39.5 Å². The SMILES string of the molecule is CC(C)C12C[CH-]CC(C[CH-]C1)C2.C[CH-]C.[W]. The van der Waals surface area contributed by atoms with Crippen LogP contribution in [0.5, 0.6) is 0 Å². The van der Waals surface area contributed by atoms with E-state index in [-0.39, 0.29) is 21.1 Å². The van der Waals surface area contributed by atoms with Gasteiger partial charge in [0.05, 0.1) is 0 Å². The van der Waals surface area contributed by atoms with Gasteiger partial charge >= 0.3 is 0 Å². The molecule has 0 saturated heterocycles. The van der Waals surface area contributed by atoms with Gasteiger partial charge in [0.15, 0.2) is 0 Å². The molecule has 0 radical (unpaired) electrons. The second-order valence-corrected chi connectivity index (χ2v) is 5.62. The Morgan fingerprint density at radius 2 is 1.56 bits per heavy atom. The summed E-state index contributed by atoms with van der Waals surface area (Å²) in [6, 6.07) is 0. The van der Waals surface area contributed by atoms with Crippen LogP contribution in [-0.2, 0) is 21.1 Å².